The third kappa shape index (κ3) is 2.60. The quantitative estimate of drug-likeness (QED) is 0.784. The van der Waals surface area contributed by atoms with Crippen LogP contribution in [0.2, 0.25) is 0 Å². The van der Waals surface area contributed by atoms with Crippen molar-refractivity contribution in [1.29, 1.82) is 0 Å². The minimum atomic E-state index is -0.500. The first kappa shape index (κ1) is 11.1. The molecule has 0 radical (unpaired) electrons. The van der Waals surface area contributed by atoms with Gasteiger partial charge in [0, 0.05) is 5.69 Å². The van der Waals surface area contributed by atoms with Crippen LogP contribution in [0.25, 0.3) is 0 Å². The highest BCUT2D eigenvalue weighted by molar-refractivity contribution is 5.93. The van der Waals surface area contributed by atoms with Crippen LogP contribution in [0.4, 0.5) is 11.5 Å². The van der Waals surface area contributed by atoms with E-state index in [1.165, 1.54) is 0 Å². The van der Waals surface area contributed by atoms with Gasteiger partial charge < -0.3 is 10.1 Å². The van der Waals surface area contributed by atoms with Crippen LogP contribution in [-0.4, -0.2) is 28.0 Å². The van der Waals surface area contributed by atoms with E-state index in [0.717, 1.165) is 5.69 Å². The summed E-state index contributed by atoms with van der Waals surface area (Å²) < 4.78 is 4.86. The summed E-state index contributed by atoms with van der Waals surface area (Å²) in [5.41, 5.74) is 0.975. The number of esters is 1. The molecule has 0 aliphatic carbocycles. The molecular formula is C11H12N4O2. The van der Waals surface area contributed by atoms with Crippen LogP contribution in [0.1, 0.15) is 17.4 Å². The topological polar surface area (TPSA) is 79.9 Å². The molecule has 88 valence electrons. The number of anilines is 2. The van der Waals surface area contributed by atoms with Crippen LogP contribution in [0.3, 0.4) is 0 Å². The summed E-state index contributed by atoms with van der Waals surface area (Å²) in [7, 11) is 0. The van der Waals surface area contributed by atoms with Crippen LogP contribution in [-0.2, 0) is 4.74 Å². The molecule has 17 heavy (non-hydrogen) atoms. The van der Waals surface area contributed by atoms with E-state index in [1.807, 2.05) is 30.3 Å². The number of carbonyl (C=O) groups excluding carboxylic acids is 1. The normalized spacial score (nSPS) is 9.94. The van der Waals surface area contributed by atoms with E-state index in [4.69, 9.17) is 4.74 Å². The first-order valence-electron chi connectivity index (χ1n) is 5.21. The fraction of sp³-hybridized carbons (Fsp3) is 0.182. The maximum absolute atomic E-state index is 11.5. The number of aromatic nitrogens is 3. The molecule has 0 saturated heterocycles. The SMILES string of the molecule is CCOC(=O)c1n[nH]nc1Nc1ccccc1. The second kappa shape index (κ2) is 5.11. The summed E-state index contributed by atoms with van der Waals surface area (Å²) in [4.78, 5) is 11.5. The average molecular weight is 232 g/mol. The molecule has 6 heteroatoms. The van der Waals surface area contributed by atoms with Gasteiger partial charge in [-0.15, -0.1) is 10.2 Å². The van der Waals surface area contributed by atoms with Gasteiger partial charge in [0.15, 0.2) is 5.82 Å². The highest BCUT2D eigenvalue weighted by atomic mass is 16.5. The zero-order valence-corrected chi connectivity index (χ0v) is 9.30. The van der Waals surface area contributed by atoms with Crippen LogP contribution in [0.15, 0.2) is 30.3 Å². The van der Waals surface area contributed by atoms with Crippen molar-refractivity contribution in [2.24, 2.45) is 0 Å². The predicted octanol–water partition coefficient (Wildman–Crippen LogP) is 1.72. The lowest BCUT2D eigenvalue weighted by molar-refractivity contribution is 0.0520. The summed E-state index contributed by atoms with van der Waals surface area (Å²) in [6.45, 7) is 2.04. The fourth-order valence-electron chi connectivity index (χ4n) is 1.32. The molecular weight excluding hydrogens is 220 g/mol. The zero-order valence-electron chi connectivity index (χ0n) is 9.30. The van der Waals surface area contributed by atoms with E-state index >= 15 is 0 Å². The average Bonchev–Trinajstić information content (AvgIpc) is 2.79. The minimum Gasteiger partial charge on any atom is -0.461 e. The number of carbonyl (C=O) groups is 1. The van der Waals surface area contributed by atoms with Crippen LogP contribution < -0.4 is 5.32 Å². The molecule has 6 nitrogen and oxygen atoms in total. The van der Waals surface area contributed by atoms with E-state index in [9.17, 15) is 4.79 Å². The molecule has 1 aromatic carbocycles. The number of rotatable bonds is 4. The summed E-state index contributed by atoms with van der Waals surface area (Å²) in [5.74, 6) is -0.144. The first-order valence-corrected chi connectivity index (χ1v) is 5.21. The monoisotopic (exact) mass is 232 g/mol. The zero-order chi connectivity index (χ0) is 12.1. The van der Waals surface area contributed by atoms with Gasteiger partial charge in [0.1, 0.15) is 0 Å². The molecule has 2 aromatic rings. The Labute approximate surface area is 98.0 Å². The third-order valence-corrected chi connectivity index (χ3v) is 2.05. The molecule has 0 saturated carbocycles. The Bertz CT molecular complexity index is 495. The minimum absolute atomic E-state index is 0.149. The Morgan fingerprint density at radius 3 is 2.82 bits per heavy atom. The number of ether oxygens (including phenoxy) is 1. The fourth-order valence-corrected chi connectivity index (χ4v) is 1.32. The Balaban J connectivity index is 2.17. The van der Waals surface area contributed by atoms with Gasteiger partial charge in [-0.1, -0.05) is 18.2 Å². The maximum Gasteiger partial charge on any atom is 0.362 e. The molecule has 1 aromatic heterocycles. The van der Waals surface area contributed by atoms with E-state index in [0.29, 0.717) is 12.4 Å². The van der Waals surface area contributed by atoms with Crippen molar-refractivity contribution in [1.82, 2.24) is 15.4 Å². The van der Waals surface area contributed by atoms with Gasteiger partial charge >= 0.3 is 5.97 Å². The Kier molecular flexibility index (Phi) is 3.34. The van der Waals surface area contributed by atoms with Gasteiger partial charge in [0.25, 0.3) is 0 Å². The number of nitrogens with zero attached hydrogens (tertiary/aromatic N) is 2. The van der Waals surface area contributed by atoms with Crippen molar-refractivity contribution in [2.75, 3.05) is 11.9 Å². The molecule has 0 atom stereocenters. The first-order chi connectivity index (χ1) is 8.31. The number of hydrogen-bond donors (Lipinski definition) is 2. The molecule has 0 spiro atoms. The van der Waals surface area contributed by atoms with Crippen molar-refractivity contribution < 1.29 is 9.53 Å². The second-order valence-electron chi connectivity index (χ2n) is 3.23. The lowest BCUT2D eigenvalue weighted by atomic mass is 10.3. The summed E-state index contributed by atoms with van der Waals surface area (Å²) in [5, 5.41) is 13.0. The Morgan fingerprint density at radius 1 is 1.35 bits per heavy atom. The smallest absolute Gasteiger partial charge is 0.362 e. The van der Waals surface area contributed by atoms with Crippen molar-refractivity contribution in [3.8, 4) is 0 Å². The lowest BCUT2D eigenvalue weighted by Crippen LogP contribution is -2.08. The number of para-hydroxylation sites is 1. The molecule has 2 N–H and O–H groups in total. The maximum atomic E-state index is 11.5. The van der Waals surface area contributed by atoms with Gasteiger partial charge in [-0.2, -0.15) is 5.21 Å². The van der Waals surface area contributed by atoms with Gasteiger partial charge in [-0.05, 0) is 19.1 Å². The van der Waals surface area contributed by atoms with Crippen LogP contribution in [0, 0.1) is 0 Å². The van der Waals surface area contributed by atoms with E-state index < -0.39 is 5.97 Å². The number of nitrogens with one attached hydrogen (secondary N) is 2. The molecule has 0 bridgehead atoms. The summed E-state index contributed by atoms with van der Waals surface area (Å²) in [6, 6.07) is 9.40. The number of H-pyrrole nitrogens is 1. The standard InChI is InChI=1S/C11H12N4O2/c1-2-17-11(16)9-10(14-15-13-9)12-8-6-4-3-5-7-8/h3-7H,2H2,1H3,(H2,12,13,14,15). The van der Waals surface area contributed by atoms with Crippen molar-refractivity contribution in [3.63, 3.8) is 0 Å². The second-order valence-corrected chi connectivity index (χ2v) is 3.23. The number of benzene rings is 1. The molecule has 1 heterocycles. The predicted molar refractivity (Wildman–Crippen MR) is 62.1 cm³/mol. The molecule has 0 amide bonds. The van der Waals surface area contributed by atoms with Gasteiger partial charge in [-0.3, -0.25) is 0 Å². The number of aromatic amines is 1. The van der Waals surface area contributed by atoms with Crippen LogP contribution in [0.5, 0.6) is 0 Å². The third-order valence-electron chi connectivity index (χ3n) is 2.05. The molecule has 2 rings (SSSR count). The van der Waals surface area contributed by atoms with E-state index in [2.05, 4.69) is 20.7 Å². The summed E-state index contributed by atoms with van der Waals surface area (Å²) in [6.07, 6.45) is 0. The highest BCUT2D eigenvalue weighted by Crippen LogP contribution is 2.16. The molecule has 0 aliphatic heterocycles. The Hall–Kier alpha value is -2.37. The number of hydrogen-bond acceptors (Lipinski definition) is 5. The molecule has 0 aliphatic rings. The summed E-state index contributed by atoms with van der Waals surface area (Å²) >= 11 is 0. The van der Waals surface area contributed by atoms with Crippen molar-refractivity contribution in [3.05, 3.63) is 36.0 Å². The largest absolute Gasteiger partial charge is 0.461 e. The Morgan fingerprint density at radius 2 is 2.12 bits per heavy atom. The molecule has 0 fully saturated rings. The lowest BCUT2D eigenvalue weighted by Gasteiger charge is -2.03. The van der Waals surface area contributed by atoms with E-state index in [-0.39, 0.29) is 5.69 Å². The van der Waals surface area contributed by atoms with Gasteiger partial charge in [0.05, 0.1) is 6.61 Å². The van der Waals surface area contributed by atoms with E-state index in [1.54, 1.807) is 6.92 Å². The molecule has 0 unspecified atom stereocenters. The van der Waals surface area contributed by atoms with Crippen molar-refractivity contribution >= 4 is 17.5 Å². The van der Waals surface area contributed by atoms with Crippen LogP contribution >= 0.6 is 0 Å². The van der Waals surface area contributed by atoms with Crippen molar-refractivity contribution in [2.45, 2.75) is 6.92 Å². The highest BCUT2D eigenvalue weighted by Gasteiger charge is 2.17. The van der Waals surface area contributed by atoms with Gasteiger partial charge in [-0.25, -0.2) is 4.79 Å². The van der Waals surface area contributed by atoms with Gasteiger partial charge in [0.2, 0.25) is 5.69 Å².